The quantitative estimate of drug-likeness (QED) is 0.847. The fourth-order valence-corrected chi connectivity index (χ4v) is 3.59. The molecule has 5 nitrogen and oxygen atoms in total. The summed E-state index contributed by atoms with van der Waals surface area (Å²) in [7, 11) is 0. The van der Waals surface area contributed by atoms with Gasteiger partial charge in [0.2, 0.25) is 0 Å². The molecule has 1 N–H and O–H groups in total. The molecule has 0 bridgehead atoms. The lowest BCUT2D eigenvalue weighted by Crippen LogP contribution is -2.32. The molecule has 1 aliphatic carbocycles. The summed E-state index contributed by atoms with van der Waals surface area (Å²) in [6.07, 6.45) is 5.83. The number of pyridine rings is 1. The Kier molecular flexibility index (Phi) is 4.73. The molecule has 1 fully saturated rings. The molecule has 2 heterocycles. The van der Waals surface area contributed by atoms with E-state index in [1.165, 1.54) is 16.9 Å². The van der Waals surface area contributed by atoms with Crippen molar-refractivity contribution >= 4 is 17.2 Å². The number of amides is 1. The van der Waals surface area contributed by atoms with Gasteiger partial charge < -0.3 is 10.1 Å². The van der Waals surface area contributed by atoms with Gasteiger partial charge in [0.15, 0.2) is 0 Å². The lowest BCUT2D eigenvalue weighted by molar-refractivity contribution is 0.0953. The van der Waals surface area contributed by atoms with Gasteiger partial charge in [-0.2, -0.15) is 0 Å². The molecule has 0 unspecified atom stereocenters. The van der Waals surface area contributed by atoms with Gasteiger partial charge in [-0.05, 0) is 44.4 Å². The molecule has 1 saturated carbocycles. The topological polar surface area (TPSA) is 64.1 Å². The summed E-state index contributed by atoms with van der Waals surface area (Å²) < 4.78 is 5.36. The normalized spacial score (nSPS) is 15.4. The third kappa shape index (κ3) is 3.59. The maximum atomic E-state index is 12.5. The van der Waals surface area contributed by atoms with Crippen LogP contribution in [-0.4, -0.2) is 29.0 Å². The van der Waals surface area contributed by atoms with Crippen LogP contribution in [0.5, 0.6) is 0 Å². The Morgan fingerprint density at radius 1 is 1.39 bits per heavy atom. The number of hydrogen-bond acceptors (Lipinski definition) is 5. The highest BCUT2D eigenvalue weighted by molar-refractivity contribution is 7.13. The van der Waals surface area contributed by atoms with Crippen molar-refractivity contribution in [2.45, 2.75) is 38.7 Å². The van der Waals surface area contributed by atoms with E-state index in [2.05, 4.69) is 15.3 Å². The zero-order valence-corrected chi connectivity index (χ0v) is 14.3. The number of aromatic nitrogens is 2. The molecule has 0 atom stereocenters. The number of aryl methyl sites for hydroxylation is 1. The van der Waals surface area contributed by atoms with Gasteiger partial charge in [-0.15, -0.1) is 11.3 Å². The maximum absolute atomic E-state index is 12.5. The Hall–Kier alpha value is -1.79. The first-order chi connectivity index (χ1) is 11.1. The first-order valence-corrected chi connectivity index (χ1v) is 8.69. The van der Waals surface area contributed by atoms with E-state index in [1.54, 1.807) is 0 Å². The van der Waals surface area contributed by atoms with Gasteiger partial charge in [0.1, 0.15) is 9.88 Å². The van der Waals surface area contributed by atoms with E-state index in [1.807, 2.05) is 38.4 Å². The molecule has 2 aromatic heterocycles. The molecular weight excluding hydrogens is 310 g/mol. The first kappa shape index (κ1) is 16.1. The Labute approximate surface area is 140 Å². The van der Waals surface area contributed by atoms with Gasteiger partial charge in [0.05, 0.1) is 12.3 Å². The van der Waals surface area contributed by atoms with E-state index in [0.717, 1.165) is 23.5 Å². The van der Waals surface area contributed by atoms with Crippen LogP contribution in [-0.2, 0) is 16.8 Å². The van der Waals surface area contributed by atoms with Crippen LogP contribution in [0.4, 0.5) is 0 Å². The predicted octanol–water partition coefficient (Wildman–Crippen LogP) is 2.84. The lowest BCUT2D eigenvalue weighted by atomic mass is 9.97. The van der Waals surface area contributed by atoms with Crippen LogP contribution >= 0.6 is 11.3 Å². The first-order valence-electron chi connectivity index (χ1n) is 7.87. The fourth-order valence-electron chi connectivity index (χ4n) is 2.67. The monoisotopic (exact) mass is 331 g/mol. The van der Waals surface area contributed by atoms with E-state index in [-0.39, 0.29) is 11.3 Å². The second-order valence-electron chi connectivity index (χ2n) is 5.86. The summed E-state index contributed by atoms with van der Waals surface area (Å²) in [5.74, 6) is -0.0388. The number of carbonyl (C=O) groups is 1. The van der Waals surface area contributed by atoms with Crippen molar-refractivity contribution in [3.8, 4) is 0 Å². The zero-order chi connectivity index (χ0) is 16.3. The second kappa shape index (κ2) is 6.76. The van der Waals surface area contributed by atoms with E-state index < -0.39 is 0 Å². The second-order valence-corrected chi connectivity index (χ2v) is 6.94. The minimum absolute atomic E-state index is 0.0388. The number of ether oxygens (including phenoxy) is 1. The molecule has 23 heavy (non-hydrogen) atoms. The van der Waals surface area contributed by atoms with Gasteiger partial charge >= 0.3 is 0 Å². The molecule has 0 spiro atoms. The standard InChI is InChI=1S/C17H21N3O2S/c1-3-22-10-14-20-12(2)15(23-14)16(21)19-11-17(6-7-17)13-4-8-18-9-5-13/h4-5,8-9H,3,6-7,10-11H2,1-2H3,(H,19,21). The summed E-state index contributed by atoms with van der Waals surface area (Å²) in [6, 6.07) is 4.08. The van der Waals surface area contributed by atoms with E-state index >= 15 is 0 Å². The molecule has 2 aromatic rings. The molecule has 0 aliphatic heterocycles. The molecule has 0 saturated heterocycles. The summed E-state index contributed by atoms with van der Waals surface area (Å²) in [5, 5.41) is 3.93. The SMILES string of the molecule is CCOCc1nc(C)c(C(=O)NCC2(c3ccncc3)CC2)s1. The van der Waals surface area contributed by atoms with Crippen molar-refractivity contribution < 1.29 is 9.53 Å². The van der Waals surface area contributed by atoms with Crippen molar-refractivity contribution in [3.63, 3.8) is 0 Å². The average molecular weight is 331 g/mol. The minimum Gasteiger partial charge on any atom is -0.375 e. The Morgan fingerprint density at radius 3 is 2.78 bits per heavy atom. The number of rotatable bonds is 7. The molecule has 1 aliphatic rings. The summed E-state index contributed by atoms with van der Waals surface area (Å²) in [5.41, 5.74) is 2.12. The number of nitrogens with one attached hydrogen (secondary N) is 1. The Morgan fingerprint density at radius 2 is 2.13 bits per heavy atom. The third-order valence-electron chi connectivity index (χ3n) is 4.21. The molecular formula is C17H21N3O2S. The van der Waals surface area contributed by atoms with E-state index in [0.29, 0.717) is 24.6 Å². The van der Waals surface area contributed by atoms with E-state index in [4.69, 9.17) is 4.74 Å². The number of carbonyl (C=O) groups excluding carboxylic acids is 1. The third-order valence-corrected chi connectivity index (χ3v) is 5.34. The maximum Gasteiger partial charge on any atom is 0.263 e. The molecule has 1 amide bonds. The van der Waals surface area contributed by atoms with Crippen LogP contribution in [0.25, 0.3) is 0 Å². The lowest BCUT2D eigenvalue weighted by Gasteiger charge is -2.16. The summed E-state index contributed by atoms with van der Waals surface area (Å²) in [6.45, 7) is 5.59. The molecule has 6 heteroatoms. The average Bonchev–Trinajstić information content (AvgIpc) is 3.28. The summed E-state index contributed by atoms with van der Waals surface area (Å²) in [4.78, 5) is 21.6. The molecule has 3 rings (SSSR count). The highest BCUT2D eigenvalue weighted by atomic mass is 32.1. The van der Waals surface area contributed by atoms with Crippen molar-refractivity contribution in [1.82, 2.24) is 15.3 Å². The fraction of sp³-hybridized carbons (Fsp3) is 0.471. The number of hydrogen-bond donors (Lipinski definition) is 1. The largest absolute Gasteiger partial charge is 0.375 e. The predicted molar refractivity (Wildman–Crippen MR) is 89.7 cm³/mol. The van der Waals surface area contributed by atoms with Crippen LogP contribution in [0.15, 0.2) is 24.5 Å². The van der Waals surface area contributed by atoms with Gasteiger partial charge in [0.25, 0.3) is 5.91 Å². The molecule has 0 aromatic carbocycles. The van der Waals surface area contributed by atoms with Crippen LogP contribution in [0.1, 0.15) is 45.7 Å². The smallest absolute Gasteiger partial charge is 0.263 e. The van der Waals surface area contributed by atoms with Gasteiger partial charge in [-0.1, -0.05) is 0 Å². The van der Waals surface area contributed by atoms with Crippen LogP contribution in [0.2, 0.25) is 0 Å². The van der Waals surface area contributed by atoms with Crippen LogP contribution in [0, 0.1) is 6.92 Å². The molecule has 122 valence electrons. The van der Waals surface area contributed by atoms with Gasteiger partial charge in [-0.3, -0.25) is 9.78 Å². The van der Waals surface area contributed by atoms with Crippen molar-refractivity contribution in [2.75, 3.05) is 13.2 Å². The minimum atomic E-state index is -0.0388. The Balaban J connectivity index is 1.63. The van der Waals surface area contributed by atoms with Crippen molar-refractivity contribution in [2.24, 2.45) is 0 Å². The highest BCUT2D eigenvalue weighted by Crippen LogP contribution is 2.47. The zero-order valence-electron chi connectivity index (χ0n) is 13.5. The number of nitrogens with zero attached hydrogens (tertiary/aromatic N) is 2. The van der Waals surface area contributed by atoms with E-state index in [9.17, 15) is 4.79 Å². The van der Waals surface area contributed by atoms with Crippen LogP contribution in [0.3, 0.4) is 0 Å². The van der Waals surface area contributed by atoms with Crippen LogP contribution < -0.4 is 5.32 Å². The van der Waals surface area contributed by atoms with Crippen molar-refractivity contribution in [3.05, 3.63) is 45.7 Å². The van der Waals surface area contributed by atoms with Gasteiger partial charge in [0, 0.05) is 31.0 Å². The Bertz CT molecular complexity index is 680. The van der Waals surface area contributed by atoms with Crippen molar-refractivity contribution in [1.29, 1.82) is 0 Å². The number of thiazole rings is 1. The highest BCUT2D eigenvalue weighted by Gasteiger charge is 2.44. The molecule has 0 radical (unpaired) electrons. The van der Waals surface area contributed by atoms with Gasteiger partial charge in [-0.25, -0.2) is 4.98 Å². The summed E-state index contributed by atoms with van der Waals surface area (Å²) >= 11 is 1.42.